The second-order valence-corrected chi connectivity index (χ2v) is 26.5. The predicted molar refractivity (Wildman–Crippen MR) is 378 cm³/mol. The number of carbonyl (C=O) groups excluding carboxylic acids is 14. The summed E-state index contributed by atoms with van der Waals surface area (Å²) in [5.41, 5.74) is 6.60. The normalized spacial score (nSPS) is 24.3. The van der Waals surface area contributed by atoms with E-state index < -0.39 is 181 Å². The second-order valence-electron chi connectivity index (χ2n) is 26.5. The standard InChI is InChI=1S/C71H93N17O17/c1-7-8-19-48-65(99)85-51(25-36(2)3)67(101)79-38(5)60(94)84-54(31-45-33-73-35-77-45)69(103)87-55(58(72)92)34-76-62(96)42-27-41-28-43(29-42)63(97)78-37(4)59(93)83-52(26-40-16-10-9-11-17-40)68(102)86-53(30-44-32-75-47-20-13-12-18-46(44)47)70(104)88-57(39(6)89)71(105)82-50(22-23-56(90)91)66(100)81-49(64(98)80-48)21-14-15-24-74-61(41)95/h9-13,16-18,20,27-29,32-33,35-39,48-55,57,75,89H,7-8,14-15,19,21-26,30-31,34H2,1-6H3,(H2,72,92)(H,73,77)(H,74,95)(H,76,96)(H,78,97)(H,79,101)(H,80,98)(H,81,100)(H,82,105)(H,83,93)(H,84,94)(H,85,99)(H,86,102)(H,87,103)(H,88,104)(H,90,91)/t37-,38-,39-,48-,49?,50?,51+,52?,53?,54-,55-,57?/m0/s1. The van der Waals surface area contributed by atoms with Gasteiger partial charge in [0, 0.05) is 78.8 Å². The van der Waals surface area contributed by atoms with Crippen molar-refractivity contribution in [2.75, 3.05) is 13.1 Å². The number of nitrogens with zero attached hydrogens (tertiary/aromatic N) is 1. The number of rotatable bonds is 16. The van der Waals surface area contributed by atoms with E-state index in [1.54, 1.807) is 74.6 Å². The quantitative estimate of drug-likeness (QED) is 0.0520. The Kier molecular flexibility index (Phi) is 29.7. The molecule has 7 rings (SSSR count). The van der Waals surface area contributed by atoms with Gasteiger partial charge in [0.05, 0.1) is 18.1 Å². The molecule has 0 fully saturated rings. The van der Waals surface area contributed by atoms with Gasteiger partial charge in [0.15, 0.2) is 0 Å². The van der Waals surface area contributed by atoms with E-state index in [0.717, 1.165) is 25.1 Å². The van der Waals surface area contributed by atoms with Crippen LogP contribution >= 0.6 is 0 Å². The molecule has 5 aromatic rings. The number of H-pyrrole nitrogens is 2. The number of aromatic amines is 2. The Morgan fingerprint density at radius 3 is 1.73 bits per heavy atom. The summed E-state index contributed by atoms with van der Waals surface area (Å²) in [7, 11) is 0. The van der Waals surface area contributed by atoms with Crippen LogP contribution in [0, 0.1) is 5.92 Å². The Labute approximate surface area is 604 Å². The van der Waals surface area contributed by atoms with E-state index in [4.69, 9.17) is 5.73 Å². The van der Waals surface area contributed by atoms with Gasteiger partial charge in [-0.3, -0.25) is 71.9 Å². The molecule has 564 valence electrons. The van der Waals surface area contributed by atoms with Crippen LogP contribution in [-0.2, 0) is 76.8 Å². The van der Waals surface area contributed by atoms with Crippen molar-refractivity contribution in [3.8, 4) is 0 Å². The Morgan fingerprint density at radius 2 is 1.10 bits per heavy atom. The summed E-state index contributed by atoms with van der Waals surface area (Å²) in [5, 5.41) is 55.3. The van der Waals surface area contributed by atoms with Crippen molar-refractivity contribution in [2.45, 2.75) is 191 Å². The minimum Gasteiger partial charge on any atom is -0.481 e. The Bertz CT molecular complexity index is 3980. The molecular formula is C71H93N17O17. The number of benzene rings is 3. The molecular weight excluding hydrogens is 1360 g/mol. The molecule has 2 aromatic heterocycles. The molecule has 105 heavy (non-hydrogen) atoms. The van der Waals surface area contributed by atoms with Crippen molar-refractivity contribution in [3.63, 3.8) is 0 Å². The molecule has 34 heteroatoms. The number of aliphatic carboxylic acids is 1. The summed E-state index contributed by atoms with van der Waals surface area (Å²) in [6, 6.07) is 1.09. The molecule has 4 heterocycles. The third-order valence-corrected chi connectivity index (χ3v) is 17.6. The Hall–Kier alpha value is -11.6. The van der Waals surface area contributed by atoms with Gasteiger partial charge in [0.2, 0.25) is 65.0 Å². The van der Waals surface area contributed by atoms with Crippen LogP contribution in [0.5, 0.6) is 0 Å². The molecule has 0 radical (unpaired) electrons. The van der Waals surface area contributed by atoms with Crippen molar-refractivity contribution in [3.05, 3.63) is 125 Å². The molecule has 5 unspecified atom stereocenters. The molecule has 14 amide bonds. The van der Waals surface area contributed by atoms with Gasteiger partial charge >= 0.3 is 5.97 Å². The average molecular weight is 1460 g/mol. The number of primary amides is 1. The summed E-state index contributed by atoms with van der Waals surface area (Å²) >= 11 is 0. The van der Waals surface area contributed by atoms with E-state index in [1.807, 2.05) is 6.92 Å². The second kappa shape index (κ2) is 38.6. The van der Waals surface area contributed by atoms with Crippen molar-refractivity contribution in [1.29, 1.82) is 0 Å². The average Bonchev–Trinajstić information content (AvgIpc) is 1.75. The van der Waals surface area contributed by atoms with Crippen LogP contribution in [0.3, 0.4) is 0 Å². The minimum absolute atomic E-state index is 0.00781. The highest BCUT2D eigenvalue weighted by molar-refractivity contribution is 6.06. The molecule has 2 aliphatic heterocycles. The minimum atomic E-state index is -1.94. The van der Waals surface area contributed by atoms with Crippen LogP contribution in [0.25, 0.3) is 10.9 Å². The van der Waals surface area contributed by atoms with Crippen molar-refractivity contribution in [2.24, 2.45) is 11.7 Å². The van der Waals surface area contributed by atoms with Crippen LogP contribution in [-0.4, -0.2) is 199 Å². The number of nitrogens with two attached hydrogens (primary N) is 1. The third kappa shape index (κ3) is 24.0. The molecule has 2 aliphatic rings. The van der Waals surface area contributed by atoms with Gasteiger partial charge < -0.3 is 95.0 Å². The number of aromatic nitrogens is 3. The number of fused-ring (bicyclic) bond motifs is 9. The maximum atomic E-state index is 14.9. The van der Waals surface area contributed by atoms with Crippen LogP contribution in [0.15, 0.2) is 91.5 Å². The van der Waals surface area contributed by atoms with Crippen LogP contribution in [0.4, 0.5) is 0 Å². The van der Waals surface area contributed by atoms with E-state index in [2.05, 4.69) is 84.1 Å². The van der Waals surface area contributed by atoms with E-state index >= 15 is 0 Å². The first-order valence-electron chi connectivity index (χ1n) is 34.8. The van der Waals surface area contributed by atoms with Crippen molar-refractivity contribution < 1.29 is 82.1 Å². The van der Waals surface area contributed by atoms with Gasteiger partial charge in [0.25, 0.3) is 17.7 Å². The molecule has 0 saturated carbocycles. The van der Waals surface area contributed by atoms with Gasteiger partial charge in [-0.05, 0) is 101 Å². The van der Waals surface area contributed by atoms with Crippen LogP contribution < -0.4 is 74.9 Å². The maximum absolute atomic E-state index is 14.9. The lowest BCUT2D eigenvalue weighted by molar-refractivity contribution is -0.139. The lowest BCUT2D eigenvalue weighted by atomic mass is 10.0. The van der Waals surface area contributed by atoms with Gasteiger partial charge in [0.1, 0.15) is 66.5 Å². The molecule has 12 atom stereocenters. The first-order valence-corrected chi connectivity index (χ1v) is 34.8. The molecule has 0 spiro atoms. The Morgan fingerprint density at radius 1 is 0.552 bits per heavy atom. The maximum Gasteiger partial charge on any atom is 0.303 e. The zero-order valence-corrected chi connectivity index (χ0v) is 59.1. The number of unbranched alkanes of at least 4 members (excludes halogenated alkanes) is 1. The number of carboxylic acid groups (broad SMARTS) is 1. The summed E-state index contributed by atoms with van der Waals surface area (Å²) in [4.78, 5) is 224. The van der Waals surface area contributed by atoms with Crippen LogP contribution in [0.1, 0.15) is 147 Å². The fourth-order valence-corrected chi connectivity index (χ4v) is 11.7. The number of amides is 14. The monoisotopic (exact) mass is 1460 g/mol. The Balaban J connectivity index is 1.35. The van der Waals surface area contributed by atoms with E-state index in [0.29, 0.717) is 34.9 Å². The third-order valence-electron chi connectivity index (χ3n) is 17.6. The van der Waals surface area contributed by atoms with Gasteiger partial charge in [-0.2, -0.15) is 0 Å². The number of hydrogen-bond donors (Lipinski definition) is 18. The molecule has 4 bridgehead atoms. The number of nitrogens with one attached hydrogen (secondary N) is 15. The molecule has 0 saturated heterocycles. The lowest BCUT2D eigenvalue weighted by Crippen LogP contribution is -2.62. The molecule has 0 aliphatic carbocycles. The zero-order valence-electron chi connectivity index (χ0n) is 59.1. The van der Waals surface area contributed by atoms with E-state index in [9.17, 15) is 82.1 Å². The number of hydrogen-bond acceptors (Lipinski definition) is 17. The zero-order chi connectivity index (χ0) is 76.6. The highest BCUT2D eigenvalue weighted by atomic mass is 16.4. The number of imidazole rings is 1. The summed E-state index contributed by atoms with van der Waals surface area (Å²) in [6.07, 6.45) is 0.847. The van der Waals surface area contributed by atoms with Gasteiger partial charge in [-0.15, -0.1) is 0 Å². The van der Waals surface area contributed by atoms with Crippen molar-refractivity contribution in [1.82, 2.24) is 84.1 Å². The number of carboxylic acids is 1. The number of carbonyl (C=O) groups is 15. The largest absolute Gasteiger partial charge is 0.481 e. The first-order chi connectivity index (χ1) is 50.0. The lowest BCUT2D eigenvalue weighted by Gasteiger charge is -2.29. The van der Waals surface area contributed by atoms with E-state index in [-0.39, 0.29) is 86.2 Å². The highest BCUT2D eigenvalue weighted by Gasteiger charge is 2.38. The summed E-state index contributed by atoms with van der Waals surface area (Å²) < 4.78 is 0. The summed E-state index contributed by atoms with van der Waals surface area (Å²) in [5.74, 6) is -15.8. The first kappa shape index (κ1) is 80.7. The van der Waals surface area contributed by atoms with Gasteiger partial charge in [-0.1, -0.05) is 82.1 Å². The highest BCUT2D eigenvalue weighted by Crippen LogP contribution is 2.21. The fraction of sp³-hybridized carbons (Fsp3) is 0.465. The number of aliphatic hydroxyl groups excluding tert-OH is 1. The van der Waals surface area contributed by atoms with Gasteiger partial charge in [-0.25, -0.2) is 4.98 Å². The van der Waals surface area contributed by atoms with E-state index in [1.165, 1.54) is 26.4 Å². The SMILES string of the molecule is CCCC[C@@H]1NC(=O)C2CCCCNC(=O)c3cc(cc(c3)C(=O)N[C@@H](C)C(=O)NC(Cc3ccccc3)C(=O)NC(Cc3c[nH]c4ccccc34)C(=O)NC([C@H](C)O)C(=O)NC(CCC(=O)O)C(=O)N2)C(=O)NC[C@@H](C(N)=O)NC(=O)[C@H](Cc2c[nH]cn2)NC(=O)[C@H](C)NC(=O)[C@@H](CC(C)C)NC1=O. The topological polar surface area (TPSA) is 523 Å². The smallest absolute Gasteiger partial charge is 0.303 e. The fourth-order valence-electron chi connectivity index (χ4n) is 11.7. The van der Waals surface area contributed by atoms with Crippen molar-refractivity contribution >= 4 is 99.6 Å². The number of para-hydroxylation sites is 1. The predicted octanol–water partition coefficient (Wildman–Crippen LogP) is -1.77. The number of aliphatic hydroxyl groups is 1. The molecule has 34 nitrogen and oxygen atoms in total. The molecule has 19 N–H and O–H groups in total. The van der Waals surface area contributed by atoms with Crippen LogP contribution in [0.2, 0.25) is 0 Å². The summed E-state index contributed by atoms with van der Waals surface area (Å²) in [6.45, 7) is 8.11. The molecule has 3 aromatic carbocycles.